The first-order valence-corrected chi connectivity index (χ1v) is 8.52. The van der Waals surface area contributed by atoms with Gasteiger partial charge in [0.25, 0.3) is 5.56 Å². The lowest BCUT2D eigenvalue weighted by molar-refractivity contribution is -0.132. The number of hydrogen-bond donors (Lipinski definition) is 2. The van der Waals surface area contributed by atoms with Crippen LogP contribution in [0.3, 0.4) is 0 Å². The summed E-state index contributed by atoms with van der Waals surface area (Å²) in [7, 11) is 0. The van der Waals surface area contributed by atoms with Crippen LogP contribution in [0.5, 0.6) is 0 Å². The van der Waals surface area contributed by atoms with E-state index in [4.69, 9.17) is 10.5 Å². The molecule has 0 saturated carbocycles. The fraction of sp³-hybridized carbons (Fsp3) is 0.368. The van der Waals surface area contributed by atoms with E-state index in [9.17, 15) is 9.59 Å². The SMILES string of the molecule is NC[C@H]1CC[C@@H](C(=O)NCc2ccc(Cn3ccccc3=O)cc2)O1. The van der Waals surface area contributed by atoms with E-state index >= 15 is 0 Å². The van der Waals surface area contributed by atoms with Gasteiger partial charge >= 0.3 is 0 Å². The lowest BCUT2D eigenvalue weighted by atomic mass is 10.1. The van der Waals surface area contributed by atoms with Crippen molar-refractivity contribution in [2.24, 2.45) is 5.73 Å². The summed E-state index contributed by atoms with van der Waals surface area (Å²) in [6.07, 6.45) is 2.93. The third-order valence-electron chi connectivity index (χ3n) is 4.40. The van der Waals surface area contributed by atoms with E-state index in [1.165, 1.54) is 0 Å². The van der Waals surface area contributed by atoms with Crippen LogP contribution >= 0.6 is 0 Å². The van der Waals surface area contributed by atoms with Gasteiger partial charge in [0.15, 0.2) is 0 Å². The maximum Gasteiger partial charge on any atom is 0.250 e. The monoisotopic (exact) mass is 341 g/mol. The van der Waals surface area contributed by atoms with Gasteiger partial charge in [-0.25, -0.2) is 0 Å². The number of benzene rings is 1. The highest BCUT2D eigenvalue weighted by Crippen LogP contribution is 2.19. The summed E-state index contributed by atoms with van der Waals surface area (Å²) in [6.45, 7) is 1.44. The van der Waals surface area contributed by atoms with Gasteiger partial charge < -0.3 is 20.4 Å². The average Bonchev–Trinajstić information content (AvgIpc) is 3.12. The van der Waals surface area contributed by atoms with E-state index in [0.717, 1.165) is 24.0 Å². The molecule has 2 heterocycles. The number of carbonyl (C=O) groups excluding carboxylic acids is 1. The van der Waals surface area contributed by atoms with Gasteiger partial charge in [-0.05, 0) is 30.0 Å². The Morgan fingerprint density at radius 1 is 1.16 bits per heavy atom. The Labute approximate surface area is 146 Å². The molecule has 6 nitrogen and oxygen atoms in total. The zero-order valence-corrected chi connectivity index (χ0v) is 14.1. The van der Waals surface area contributed by atoms with Crippen LogP contribution in [0, 0.1) is 0 Å². The minimum Gasteiger partial charge on any atom is -0.364 e. The molecule has 132 valence electrons. The minimum absolute atomic E-state index is 0.00331. The van der Waals surface area contributed by atoms with Crippen molar-refractivity contribution in [2.75, 3.05) is 6.54 Å². The smallest absolute Gasteiger partial charge is 0.250 e. The molecule has 0 bridgehead atoms. The van der Waals surface area contributed by atoms with E-state index in [0.29, 0.717) is 19.6 Å². The molecular formula is C19H23N3O3. The van der Waals surface area contributed by atoms with Crippen molar-refractivity contribution < 1.29 is 9.53 Å². The number of nitrogens with one attached hydrogen (secondary N) is 1. The van der Waals surface area contributed by atoms with Gasteiger partial charge in [0.2, 0.25) is 5.91 Å². The maximum absolute atomic E-state index is 12.1. The van der Waals surface area contributed by atoms with E-state index in [-0.39, 0.29) is 17.6 Å². The molecule has 1 amide bonds. The molecule has 1 aliphatic heterocycles. The predicted octanol–water partition coefficient (Wildman–Crippen LogP) is 1.02. The van der Waals surface area contributed by atoms with Gasteiger partial charge in [0.1, 0.15) is 6.10 Å². The molecule has 25 heavy (non-hydrogen) atoms. The van der Waals surface area contributed by atoms with Crippen LogP contribution in [0.4, 0.5) is 0 Å². The molecule has 0 unspecified atom stereocenters. The summed E-state index contributed by atoms with van der Waals surface area (Å²) in [5.74, 6) is -0.0872. The Morgan fingerprint density at radius 2 is 1.92 bits per heavy atom. The molecular weight excluding hydrogens is 318 g/mol. The average molecular weight is 341 g/mol. The molecule has 0 aliphatic carbocycles. The van der Waals surface area contributed by atoms with Gasteiger partial charge in [-0.3, -0.25) is 9.59 Å². The second kappa shape index (κ2) is 8.09. The van der Waals surface area contributed by atoms with Crippen molar-refractivity contribution in [1.82, 2.24) is 9.88 Å². The quantitative estimate of drug-likeness (QED) is 0.821. The largest absolute Gasteiger partial charge is 0.364 e. The second-order valence-corrected chi connectivity index (χ2v) is 6.26. The number of carbonyl (C=O) groups is 1. The number of hydrogen-bond acceptors (Lipinski definition) is 4. The van der Waals surface area contributed by atoms with Crippen molar-refractivity contribution in [1.29, 1.82) is 0 Å². The summed E-state index contributed by atoms with van der Waals surface area (Å²) in [4.78, 5) is 23.8. The van der Waals surface area contributed by atoms with Crippen LogP contribution < -0.4 is 16.6 Å². The number of amides is 1. The highest BCUT2D eigenvalue weighted by molar-refractivity contribution is 5.81. The normalized spacial score (nSPS) is 19.7. The number of aromatic nitrogens is 1. The Balaban J connectivity index is 1.52. The van der Waals surface area contributed by atoms with Crippen molar-refractivity contribution in [3.05, 3.63) is 70.1 Å². The van der Waals surface area contributed by atoms with Gasteiger partial charge in [-0.1, -0.05) is 30.3 Å². The summed E-state index contributed by atoms with van der Waals surface area (Å²) >= 11 is 0. The van der Waals surface area contributed by atoms with Crippen molar-refractivity contribution in [3.63, 3.8) is 0 Å². The molecule has 1 aromatic carbocycles. The molecule has 0 radical (unpaired) electrons. The van der Waals surface area contributed by atoms with E-state index in [2.05, 4.69) is 5.32 Å². The first-order chi connectivity index (χ1) is 12.2. The molecule has 0 spiro atoms. The molecule has 1 aromatic heterocycles. The Bertz CT molecular complexity index is 770. The topological polar surface area (TPSA) is 86.4 Å². The van der Waals surface area contributed by atoms with E-state index < -0.39 is 6.10 Å². The fourth-order valence-corrected chi connectivity index (χ4v) is 2.93. The van der Waals surface area contributed by atoms with Crippen LogP contribution in [-0.4, -0.2) is 29.2 Å². The second-order valence-electron chi connectivity index (χ2n) is 6.26. The lowest BCUT2D eigenvalue weighted by Crippen LogP contribution is -2.35. The van der Waals surface area contributed by atoms with Crippen LogP contribution in [-0.2, 0) is 22.6 Å². The number of pyridine rings is 1. The Kier molecular flexibility index (Phi) is 5.63. The summed E-state index contributed by atoms with van der Waals surface area (Å²) in [6, 6.07) is 13.0. The first kappa shape index (κ1) is 17.4. The summed E-state index contributed by atoms with van der Waals surface area (Å²) in [5, 5.41) is 2.90. The van der Waals surface area contributed by atoms with Crippen LogP contribution in [0.25, 0.3) is 0 Å². The lowest BCUT2D eigenvalue weighted by Gasteiger charge is -2.13. The maximum atomic E-state index is 12.1. The zero-order valence-electron chi connectivity index (χ0n) is 14.1. The van der Waals surface area contributed by atoms with Crippen LogP contribution in [0.1, 0.15) is 24.0 Å². The van der Waals surface area contributed by atoms with Crippen LogP contribution in [0.15, 0.2) is 53.5 Å². The Hall–Kier alpha value is -2.44. The highest BCUT2D eigenvalue weighted by Gasteiger charge is 2.29. The number of rotatable bonds is 6. The van der Waals surface area contributed by atoms with E-state index in [1.807, 2.05) is 30.3 Å². The number of nitrogens with zero attached hydrogens (tertiary/aromatic N) is 1. The molecule has 3 rings (SSSR count). The van der Waals surface area contributed by atoms with Crippen LogP contribution in [0.2, 0.25) is 0 Å². The van der Waals surface area contributed by atoms with Gasteiger partial charge in [0, 0.05) is 25.4 Å². The van der Waals surface area contributed by atoms with E-state index in [1.54, 1.807) is 22.9 Å². The first-order valence-electron chi connectivity index (χ1n) is 8.52. The molecule has 2 aromatic rings. The van der Waals surface area contributed by atoms with Gasteiger partial charge in [-0.2, -0.15) is 0 Å². The predicted molar refractivity (Wildman–Crippen MR) is 95.0 cm³/mol. The van der Waals surface area contributed by atoms with Crippen molar-refractivity contribution in [2.45, 2.75) is 38.1 Å². The standard InChI is InChI=1S/C19H23N3O3/c20-11-16-8-9-17(25-16)19(24)21-12-14-4-6-15(7-5-14)13-22-10-2-1-3-18(22)23/h1-7,10,16-17H,8-9,11-13,20H2,(H,21,24)/t16-,17+/m1/s1. The fourth-order valence-electron chi connectivity index (χ4n) is 2.93. The number of ether oxygens (including phenoxy) is 1. The summed E-state index contributed by atoms with van der Waals surface area (Å²) in [5.41, 5.74) is 7.58. The molecule has 1 aliphatic rings. The summed E-state index contributed by atoms with van der Waals surface area (Å²) < 4.78 is 7.24. The molecule has 1 fully saturated rings. The van der Waals surface area contributed by atoms with Crippen molar-refractivity contribution in [3.8, 4) is 0 Å². The highest BCUT2D eigenvalue weighted by atomic mass is 16.5. The van der Waals surface area contributed by atoms with Gasteiger partial charge in [0.05, 0.1) is 12.6 Å². The van der Waals surface area contributed by atoms with Gasteiger partial charge in [-0.15, -0.1) is 0 Å². The molecule has 2 atom stereocenters. The van der Waals surface area contributed by atoms with Crippen molar-refractivity contribution >= 4 is 5.91 Å². The minimum atomic E-state index is -0.391. The molecule has 1 saturated heterocycles. The number of nitrogens with two attached hydrogens (primary N) is 1. The third kappa shape index (κ3) is 4.55. The zero-order chi connectivity index (χ0) is 17.6. The Morgan fingerprint density at radius 3 is 2.60 bits per heavy atom. The third-order valence-corrected chi connectivity index (χ3v) is 4.40. The molecule has 6 heteroatoms. The molecule has 3 N–H and O–H groups in total.